The second-order valence-electron chi connectivity index (χ2n) is 6.01. The molecule has 0 radical (unpaired) electrons. The first-order chi connectivity index (χ1) is 11.5. The van der Waals surface area contributed by atoms with E-state index >= 15 is 0 Å². The zero-order valence-corrected chi connectivity index (χ0v) is 13.1. The molecule has 1 saturated heterocycles. The van der Waals surface area contributed by atoms with E-state index < -0.39 is 11.9 Å². The minimum Gasteiger partial charge on any atom is -0.365 e. The number of nitrogens with zero attached hydrogens (tertiary/aromatic N) is 3. The Bertz CT molecular complexity index is 643. The van der Waals surface area contributed by atoms with Crippen LogP contribution in [0.1, 0.15) is 24.1 Å². The van der Waals surface area contributed by atoms with Crippen molar-refractivity contribution in [1.29, 1.82) is 0 Å². The van der Waals surface area contributed by atoms with Gasteiger partial charge in [-0.3, -0.25) is 4.90 Å². The summed E-state index contributed by atoms with van der Waals surface area (Å²) in [6.45, 7) is 2.72. The molecule has 1 aromatic carbocycles. The van der Waals surface area contributed by atoms with Gasteiger partial charge in [-0.25, -0.2) is 0 Å². The minimum atomic E-state index is -4.46. The monoisotopic (exact) mass is 336 g/mol. The Labute approximate surface area is 138 Å². The maximum Gasteiger partial charge on any atom is 0.435 e. The topological polar surface area (TPSA) is 41.0 Å². The van der Waals surface area contributed by atoms with E-state index in [1.54, 1.807) is 0 Å². The van der Waals surface area contributed by atoms with Crippen molar-refractivity contribution >= 4 is 5.82 Å². The molecule has 1 unspecified atom stereocenters. The largest absolute Gasteiger partial charge is 0.435 e. The van der Waals surface area contributed by atoms with E-state index in [1.807, 2.05) is 18.2 Å². The van der Waals surface area contributed by atoms with Crippen LogP contribution in [0.4, 0.5) is 19.0 Å². The maximum atomic E-state index is 12.5. The fraction of sp³-hybridized carbons (Fsp3) is 0.412. The van der Waals surface area contributed by atoms with Gasteiger partial charge in [-0.15, -0.1) is 10.2 Å². The molecule has 4 nitrogen and oxygen atoms in total. The molecule has 128 valence electrons. The maximum absolute atomic E-state index is 12.5. The molecule has 0 amide bonds. The zero-order valence-electron chi connectivity index (χ0n) is 13.1. The summed E-state index contributed by atoms with van der Waals surface area (Å²) in [6, 6.07) is 12.7. The lowest BCUT2D eigenvalue weighted by Crippen LogP contribution is -2.41. The molecule has 7 heteroatoms. The fourth-order valence-electron chi connectivity index (χ4n) is 2.93. The number of rotatable bonds is 4. The first kappa shape index (κ1) is 16.7. The van der Waals surface area contributed by atoms with Crippen LogP contribution in [0.5, 0.6) is 0 Å². The van der Waals surface area contributed by atoms with Crippen molar-refractivity contribution < 1.29 is 13.2 Å². The summed E-state index contributed by atoms with van der Waals surface area (Å²) in [4.78, 5) is 2.34. The lowest BCUT2D eigenvalue weighted by Gasteiger charge is -2.33. The Morgan fingerprint density at radius 2 is 1.88 bits per heavy atom. The summed E-state index contributed by atoms with van der Waals surface area (Å²) in [6.07, 6.45) is -2.45. The summed E-state index contributed by atoms with van der Waals surface area (Å²) in [7, 11) is 0. The number of hydrogen-bond acceptors (Lipinski definition) is 4. The summed E-state index contributed by atoms with van der Waals surface area (Å²) in [5.74, 6) is 0.384. The summed E-state index contributed by atoms with van der Waals surface area (Å²) in [5, 5.41) is 10.1. The Morgan fingerprint density at radius 1 is 1.08 bits per heavy atom. The highest BCUT2D eigenvalue weighted by atomic mass is 19.4. The van der Waals surface area contributed by atoms with Crippen molar-refractivity contribution in [2.45, 2.75) is 31.6 Å². The van der Waals surface area contributed by atoms with Gasteiger partial charge in [0.2, 0.25) is 0 Å². The van der Waals surface area contributed by atoms with Gasteiger partial charge in [0.25, 0.3) is 0 Å². The average Bonchev–Trinajstić information content (AvgIpc) is 2.56. The molecule has 1 aliphatic rings. The highest BCUT2D eigenvalue weighted by molar-refractivity contribution is 5.35. The van der Waals surface area contributed by atoms with E-state index in [0.717, 1.165) is 38.5 Å². The molecule has 3 rings (SSSR count). The number of aromatic nitrogens is 2. The standard InChI is InChI=1S/C17H19F3N4/c18-17(19,20)15-8-9-16(23-22-15)21-14-7-4-10-24(12-14)11-13-5-2-1-3-6-13/h1-3,5-6,8-9,14H,4,7,10-12H2,(H,21,23). The Balaban J connectivity index is 1.57. The third kappa shape index (κ3) is 4.44. The molecule has 0 aliphatic carbocycles. The first-order valence-corrected chi connectivity index (χ1v) is 7.94. The SMILES string of the molecule is FC(F)(F)c1ccc(NC2CCCN(Cc3ccccc3)C2)nn1. The van der Waals surface area contributed by atoms with Gasteiger partial charge in [0, 0.05) is 19.1 Å². The van der Waals surface area contributed by atoms with Crippen LogP contribution in [0.3, 0.4) is 0 Å². The van der Waals surface area contributed by atoms with Crippen LogP contribution < -0.4 is 5.32 Å². The van der Waals surface area contributed by atoms with Gasteiger partial charge >= 0.3 is 6.18 Å². The Hall–Kier alpha value is -2.15. The molecular weight excluding hydrogens is 317 g/mol. The van der Waals surface area contributed by atoms with E-state index in [4.69, 9.17) is 0 Å². The van der Waals surface area contributed by atoms with Crippen LogP contribution in [0.15, 0.2) is 42.5 Å². The number of likely N-dealkylation sites (tertiary alicyclic amines) is 1. The van der Waals surface area contributed by atoms with Crippen molar-refractivity contribution in [3.05, 3.63) is 53.7 Å². The molecule has 0 saturated carbocycles. The molecule has 1 aromatic heterocycles. The van der Waals surface area contributed by atoms with Gasteiger partial charge in [0.05, 0.1) is 0 Å². The van der Waals surface area contributed by atoms with Crippen LogP contribution in [0.2, 0.25) is 0 Å². The molecular formula is C17H19F3N4. The van der Waals surface area contributed by atoms with Crippen molar-refractivity contribution in [1.82, 2.24) is 15.1 Å². The van der Waals surface area contributed by atoms with E-state index in [1.165, 1.54) is 11.6 Å². The number of piperidine rings is 1. The van der Waals surface area contributed by atoms with Gasteiger partial charge < -0.3 is 5.32 Å². The quantitative estimate of drug-likeness (QED) is 0.927. The number of anilines is 1. The number of benzene rings is 1. The predicted octanol–water partition coefficient (Wildman–Crippen LogP) is 3.57. The van der Waals surface area contributed by atoms with Gasteiger partial charge in [0.1, 0.15) is 5.82 Å². The fourth-order valence-corrected chi connectivity index (χ4v) is 2.93. The van der Waals surface area contributed by atoms with Gasteiger partial charge in [-0.05, 0) is 37.1 Å². The van der Waals surface area contributed by atoms with Gasteiger partial charge in [-0.1, -0.05) is 30.3 Å². The van der Waals surface area contributed by atoms with Crippen LogP contribution in [0, 0.1) is 0 Å². The van der Waals surface area contributed by atoms with Crippen LogP contribution in [-0.4, -0.2) is 34.2 Å². The van der Waals surface area contributed by atoms with E-state index in [2.05, 4.69) is 32.5 Å². The second kappa shape index (κ2) is 7.17. The Kier molecular flexibility index (Phi) is 4.99. The molecule has 1 atom stereocenters. The predicted molar refractivity (Wildman–Crippen MR) is 85.4 cm³/mol. The summed E-state index contributed by atoms with van der Waals surface area (Å²) in [5.41, 5.74) is 0.287. The molecule has 0 spiro atoms. The van der Waals surface area contributed by atoms with Gasteiger partial charge in [-0.2, -0.15) is 13.2 Å². The number of halogens is 3. The molecule has 2 aromatic rings. The number of hydrogen-bond donors (Lipinski definition) is 1. The van der Waals surface area contributed by atoms with Crippen LogP contribution >= 0.6 is 0 Å². The Morgan fingerprint density at radius 3 is 2.54 bits per heavy atom. The molecule has 1 fully saturated rings. The summed E-state index contributed by atoms with van der Waals surface area (Å²) >= 11 is 0. The minimum absolute atomic E-state index is 0.161. The zero-order chi connectivity index (χ0) is 17.0. The highest BCUT2D eigenvalue weighted by Crippen LogP contribution is 2.27. The summed E-state index contributed by atoms with van der Waals surface area (Å²) < 4.78 is 37.5. The highest BCUT2D eigenvalue weighted by Gasteiger charge is 2.33. The molecule has 1 aliphatic heterocycles. The van der Waals surface area contributed by atoms with E-state index in [0.29, 0.717) is 5.82 Å². The molecule has 24 heavy (non-hydrogen) atoms. The molecule has 2 heterocycles. The third-order valence-corrected chi connectivity index (χ3v) is 4.06. The average molecular weight is 336 g/mol. The normalized spacial score (nSPS) is 19.2. The van der Waals surface area contributed by atoms with Crippen molar-refractivity contribution in [2.75, 3.05) is 18.4 Å². The van der Waals surface area contributed by atoms with Crippen molar-refractivity contribution in [3.8, 4) is 0 Å². The number of alkyl halides is 3. The smallest absolute Gasteiger partial charge is 0.365 e. The van der Waals surface area contributed by atoms with E-state index in [-0.39, 0.29) is 6.04 Å². The first-order valence-electron chi connectivity index (χ1n) is 7.94. The molecule has 0 bridgehead atoms. The van der Waals surface area contributed by atoms with Crippen molar-refractivity contribution in [2.24, 2.45) is 0 Å². The van der Waals surface area contributed by atoms with E-state index in [9.17, 15) is 13.2 Å². The number of nitrogens with one attached hydrogen (secondary N) is 1. The van der Waals surface area contributed by atoms with Crippen LogP contribution in [0.25, 0.3) is 0 Å². The molecule has 1 N–H and O–H groups in total. The second-order valence-corrected chi connectivity index (χ2v) is 6.01. The lowest BCUT2D eigenvalue weighted by atomic mass is 10.0. The van der Waals surface area contributed by atoms with Crippen molar-refractivity contribution in [3.63, 3.8) is 0 Å². The van der Waals surface area contributed by atoms with Crippen LogP contribution in [-0.2, 0) is 12.7 Å². The van der Waals surface area contributed by atoms with Gasteiger partial charge in [0.15, 0.2) is 5.69 Å². The lowest BCUT2D eigenvalue weighted by molar-refractivity contribution is -0.141. The third-order valence-electron chi connectivity index (χ3n) is 4.06.